The number of carbonyl (C=O) groups is 1. The van der Waals surface area contributed by atoms with Gasteiger partial charge >= 0.3 is 5.97 Å². The lowest BCUT2D eigenvalue weighted by molar-refractivity contribution is 0.0690. The fourth-order valence-corrected chi connectivity index (χ4v) is 1.71. The fourth-order valence-electron chi connectivity index (χ4n) is 1.50. The molecule has 0 saturated carbocycles. The minimum atomic E-state index is -1.05. The summed E-state index contributed by atoms with van der Waals surface area (Å²) in [5.41, 5.74) is 1.94. The first-order chi connectivity index (χ1) is 8.06. The van der Waals surface area contributed by atoms with Crippen LogP contribution in [0.25, 0.3) is 11.4 Å². The quantitative estimate of drug-likeness (QED) is 0.800. The van der Waals surface area contributed by atoms with Crippen LogP contribution in [-0.4, -0.2) is 21.0 Å². The highest BCUT2D eigenvalue weighted by Gasteiger charge is 2.07. The fraction of sp³-hybridized carbons (Fsp3) is 0.0833. The Hall–Kier alpha value is -2.01. The van der Waals surface area contributed by atoms with Crippen molar-refractivity contribution in [1.29, 1.82) is 0 Å². The summed E-state index contributed by atoms with van der Waals surface area (Å²) in [6, 6.07) is 8.94. The Morgan fingerprint density at radius 2 is 2.18 bits per heavy atom. The third kappa shape index (κ3) is 2.57. The number of carboxylic acids is 1. The van der Waals surface area contributed by atoms with Gasteiger partial charge in [-0.1, -0.05) is 36.0 Å². The third-order valence-corrected chi connectivity index (χ3v) is 2.47. The molecule has 0 saturated heterocycles. The van der Waals surface area contributed by atoms with Crippen LogP contribution in [0, 0.1) is 11.6 Å². The van der Waals surface area contributed by atoms with Crippen molar-refractivity contribution in [3.8, 4) is 11.4 Å². The summed E-state index contributed by atoms with van der Waals surface area (Å²) in [7, 11) is 0. The second-order valence-corrected chi connectivity index (χ2v) is 4.07. The molecule has 5 heteroatoms. The number of aromatic amines is 1. The van der Waals surface area contributed by atoms with Gasteiger partial charge in [0.25, 0.3) is 0 Å². The molecule has 0 radical (unpaired) electrons. The summed E-state index contributed by atoms with van der Waals surface area (Å²) in [6.07, 6.45) is 0. The van der Waals surface area contributed by atoms with Gasteiger partial charge in [-0.3, -0.25) is 0 Å². The van der Waals surface area contributed by atoms with E-state index in [1.54, 1.807) is 0 Å². The van der Waals surface area contributed by atoms with Crippen molar-refractivity contribution in [2.24, 2.45) is 0 Å². The van der Waals surface area contributed by atoms with Crippen LogP contribution in [0.2, 0.25) is 0 Å². The highest BCUT2D eigenvalue weighted by atomic mass is 32.1. The molecular formula is C12H10N2O2S. The van der Waals surface area contributed by atoms with Crippen molar-refractivity contribution in [3.05, 3.63) is 46.2 Å². The minimum absolute atomic E-state index is 0.0431. The predicted octanol–water partition coefficient (Wildman–Crippen LogP) is 2.81. The first-order valence-electron chi connectivity index (χ1n) is 4.98. The number of hydrogen-bond donors (Lipinski definition) is 2. The Balaban J connectivity index is 2.60. The van der Waals surface area contributed by atoms with Crippen LogP contribution in [0.5, 0.6) is 0 Å². The molecule has 17 heavy (non-hydrogen) atoms. The molecular weight excluding hydrogens is 236 g/mol. The van der Waals surface area contributed by atoms with Crippen LogP contribution < -0.4 is 0 Å². The van der Waals surface area contributed by atoms with Gasteiger partial charge in [0.2, 0.25) is 0 Å². The highest BCUT2D eigenvalue weighted by Crippen LogP contribution is 2.16. The average molecular weight is 246 g/mol. The van der Waals surface area contributed by atoms with Crippen molar-refractivity contribution < 1.29 is 9.90 Å². The number of benzene rings is 1. The number of nitrogens with one attached hydrogen (secondary N) is 1. The monoisotopic (exact) mass is 246 g/mol. The van der Waals surface area contributed by atoms with Crippen molar-refractivity contribution in [2.75, 3.05) is 0 Å². The van der Waals surface area contributed by atoms with E-state index in [2.05, 4.69) is 9.97 Å². The maximum Gasteiger partial charge on any atom is 0.352 e. The zero-order chi connectivity index (χ0) is 12.4. The maximum absolute atomic E-state index is 10.9. The Labute approximate surface area is 103 Å². The summed E-state index contributed by atoms with van der Waals surface area (Å²) in [5, 5.41) is 8.93. The van der Waals surface area contributed by atoms with Gasteiger partial charge in [0.1, 0.15) is 16.2 Å². The Kier molecular flexibility index (Phi) is 3.01. The molecule has 0 bridgehead atoms. The summed E-state index contributed by atoms with van der Waals surface area (Å²) < 4.78 is 0.262. The van der Waals surface area contributed by atoms with Crippen LogP contribution in [0.3, 0.4) is 0 Å². The molecule has 2 rings (SSSR count). The SMILES string of the molecule is Cc1cccc(-c2nc(=S)cc(C(=O)O)[nH]2)c1. The highest BCUT2D eigenvalue weighted by molar-refractivity contribution is 7.71. The molecule has 0 unspecified atom stereocenters. The molecule has 86 valence electrons. The number of aromatic nitrogens is 2. The Bertz CT molecular complexity index is 634. The molecule has 0 aliphatic rings. The largest absolute Gasteiger partial charge is 0.477 e. The van der Waals surface area contributed by atoms with E-state index in [9.17, 15) is 4.79 Å². The zero-order valence-corrected chi connectivity index (χ0v) is 9.91. The molecule has 0 amide bonds. The third-order valence-electron chi connectivity index (χ3n) is 2.26. The number of aryl methyl sites for hydroxylation is 1. The predicted molar refractivity (Wildman–Crippen MR) is 66.6 cm³/mol. The number of rotatable bonds is 2. The average Bonchev–Trinajstić information content (AvgIpc) is 2.28. The van der Waals surface area contributed by atoms with E-state index in [1.807, 2.05) is 31.2 Å². The molecule has 2 aromatic rings. The molecule has 0 spiro atoms. The molecule has 0 fully saturated rings. The van der Waals surface area contributed by atoms with Crippen molar-refractivity contribution in [1.82, 2.24) is 9.97 Å². The smallest absolute Gasteiger partial charge is 0.352 e. The number of hydrogen-bond acceptors (Lipinski definition) is 3. The molecule has 0 atom stereocenters. The Morgan fingerprint density at radius 3 is 2.82 bits per heavy atom. The summed E-state index contributed by atoms with van der Waals surface area (Å²) in [5.74, 6) is -0.578. The van der Waals surface area contributed by atoms with E-state index in [0.29, 0.717) is 5.82 Å². The minimum Gasteiger partial charge on any atom is -0.477 e. The topological polar surface area (TPSA) is 66.0 Å². The van der Waals surface area contributed by atoms with Gasteiger partial charge in [0.05, 0.1) is 0 Å². The lowest BCUT2D eigenvalue weighted by Gasteiger charge is -2.03. The normalized spacial score (nSPS) is 10.2. The second-order valence-electron chi connectivity index (χ2n) is 3.66. The molecule has 1 aromatic carbocycles. The number of aromatic carboxylic acids is 1. The molecule has 0 aliphatic carbocycles. The van der Waals surface area contributed by atoms with Crippen LogP contribution in [0.15, 0.2) is 30.3 Å². The zero-order valence-electron chi connectivity index (χ0n) is 9.10. The standard InChI is InChI=1S/C12H10N2O2S/c1-7-3-2-4-8(5-7)11-13-9(12(15)16)6-10(17)14-11/h2-6H,1H3,(H,15,16)(H,13,14,17). The van der Waals surface area contributed by atoms with Crippen LogP contribution in [-0.2, 0) is 0 Å². The molecule has 0 aliphatic heterocycles. The first-order valence-corrected chi connectivity index (χ1v) is 5.39. The number of carboxylic acid groups (broad SMARTS) is 1. The lowest BCUT2D eigenvalue weighted by atomic mass is 10.1. The van der Waals surface area contributed by atoms with E-state index >= 15 is 0 Å². The van der Waals surface area contributed by atoms with Gasteiger partial charge in [0, 0.05) is 11.6 Å². The van der Waals surface area contributed by atoms with Gasteiger partial charge in [0.15, 0.2) is 0 Å². The van der Waals surface area contributed by atoms with E-state index in [-0.39, 0.29) is 10.3 Å². The summed E-state index contributed by atoms with van der Waals surface area (Å²) in [4.78, 5) is 17.8. The molecule has 2 N–H and O–H groups in total. The van der Waals surface area contributed by atoms with Gasteiger partial charge in [-0.05, 0) is 13.0 Å². The second kappa shape index (κ2) is 4.47. The molecule has 1 aromatic heterocycles. The van der Waals surface area contributed by atoms with Crippen molar-refractivity contribution >= 4 is 18.2 Å². The Morgan fingerprint density at radius 1 is 1.41 bits per heavy atom. The van der Waals surface area contributed by atoms with E-state index < -0.39 is 5.97 Å². The van der Waals surface area contributed by atoms with E-state index in [1.165, 1.54) is 6.07 Å². The number of H-pyrrole nitrogens is 1. The van der Waals surface area contributed by atoms with Crippen molar-refractivity contribution in [2.45, 2.75) is 6.92 Å². The molecule has 1 heterocycles. The summed E-state index contributed by atoms with van der Waals surface area (Å²) >= 11 is 4.94. The molecule has 4 nitrogen and oxygen atoms in total. The number of nitrogens with zero attached hydrogens (tertiary/aromatic N) is 1. The first kappa shape index (κ1) is 11.5. The van der Waals surface area contributed by atoms with Gasteiger partial charge in [-0.15, -0.1) is 0 Å². The lowest BCUT2D eigenvalue weighted by Crippen LogP contribution is -2.03. The van der Waals surface area contributed by atoms with Gasteiger partial charge < -0.3 is 10.1 Å². The van der Waals surface area contributed by atoms with E-state index in [0.717, 1.165) is 11.1 Å². The van der Waals surface area contributed by atoms with Gasteiger partial charge in [-0.2, -0.15) is 0 Å². The maximum atomic E-state index is 10.9. The van der Waals surface area contributed by atoms with Gasteiger partial charge in [-0.25, -0.2) is 9.78 Å². The summed E-state index contributed by atoms with van der Waals surface area (Å²) in [6.45, 7) is 1.96. The van der Waals surface area contributed by atoms with Crippen LogP contribution in [0.1, 0.15) is 16.1 Å². The van der Waals surface area contributed by atoms with Crippen LogP contribution in [0.4, 0.5) is 0 Å². The van der Waals surface area contributed by atoms with E-state index in [4.69, 9.17) is 17.3 Å². The van der Waals surface area contributed by atoms with Crippen molar-refractivity contribution in [3.63, 3.8) is 0 Å². The van der Waals surface area contributed by atoms with Crippen LogP contribution >= 0.6 is 12.2 Å².